The molecule has 0 amide bonds. The number of piperazine rings is 1. The third-order valence-corrected chi connectivity index (χ3v) is 7.24. The summed E-state index contributed by atoms with van der Waals surface area (Å²) in [7, 11) is 0. The lowest BCUT2D eigenvalue weighted by molar-refractivity contribution is -0.143. The van der Waals surface area contributed by atoms with Gasteiger partial charge in [-0.1, -0.05) is 59.7 Å². The first-order chi connectivity index (χ1) is 15.6. The molecule has 0 unspecified atom stereocenters. The number of hydrogen-bond acceptors (Lipinski definition) is 4. The Morgan fingerprint density at radius 1 is 1.00 bits per heavy atom. The zero-order chi connectivity index (χ0) is 22.3. The van der Waals surface area contributed by atoms with Gasteiger partial charge >= 0.3 is 5.97 Å². The molecular formula is C28H38N2O2. The van der Waals surface area contributed by atoms with E-state index in [0.29, 0.717) is 5.92 Å². The normalized spacial score (nSPS) is 29.8. The molecule has 3 atom stereocenters. The van der Waals surface area contributed by atoms with Crippen LogP contribution in [-0.4, -0.2) is 61.1 Å². The highest BCUT2D eigenvalue weighted by Crippen LogP contribution is 2.36. The topological polar surface area (TPSA) is 32.8 Å². The summed E-state index contributed by atoms with van der Waals surface area (Å²) in [5.74, 6) is 0.310. The summed E-state index contributed by atoms with van der Waals surface area (Å²) in [6.45, 7) is 10.4. The Labute approximate surface area is 193 Å². The van der Waals surface area contributed by atoms with Crippen LogP contribution in [0.3, 0.4) is 0 Å². The molecule has 0 bridgehead atoms. The molecule has 1 aliphatic carbocycles. The van der Waals surface area contributed by atoms with Gasteiger partial charge in [0.05, 0.1) is 5.92 Å². The molecule has 4 nitrogen and oxygen atoms in total. The van der Waals surface area contributed by atoms with Crippen LogP contribution in [0.5, 0.6) is 0 Å². The first-order valence-corrected chi connectivity index (χ1v) is 12.3. The first kappa shape index (κ1) is 23.0. The Morgan fingerprint density at radius 2 is 1.75 bits per heavy atom. The molecule has 2 aliphatic heterocycles. The lowest BCUT2D eigenvalue weighted by Crippen LogP contribution is -2.48. The van der Waals surface area contributed by atoms with Crippen LogP contribution in [0, 0.1) is 11.8 Å². The van der Waals surface area contributed by atoms with E-state index in [1.165, 1.54) is 16.7 Å². The van der Waals surface area contributed by atoms with E-state index >= 15 is 0 Å². The molecule has 0 N–H and O–H groups in total. The Hall–Kier alpha value is -2.17. The largest absolute Gasteiger partial charge is 0.458 e. The van der Waals surface area contributed by atoms with Crippen molar-refractivity contribution in [2.75, 3.05) is 39.3 Å². The van der Waals surface area contributed by atoms with Gasteiger partial charge in [-0.3, -0.25) is 14.6 Å². The van der Waals surface area contributed by atoms with E-state index in [-0.39, 0.29) is 18.0 Å². The van der Waals surface area contributed by atoms with Gasteiger partial charge in [-0.05, 0) is 51.2 Å². The Kier molecular flexibility index (Phi) is 7.99. The maximum Gasteiger partial charge on any atom is 0.311 e. The highest BCUT2D eigenvalue weighted by Gasteiger charge is 2.44. The lowest BCUT2D eigenvalue weighted by atomic mass is 9.83. The molecule has 3 aliphatic rings. The fourth-order valence-electron chi connectivity index (χ4n) is 5.19. The third kappa shape index (κ3) is 6.20. The van der Waals surface area contributed by atoms with E-state index in [0.717, 1.165) is 65.0 Å². The summed E-state index contributed by atoms with van der Waals surface area (Å²) in [6, 6.07) is 10.5. The van der Waals surface area contributed by atoms with Gasteiger partial charge in [-0.25, -0.2) is 0 Å². The van der Waals surface area contributed by atoms with E-state index in [4.69, 9.17) is 4.74 Å². The maximum atomic E-state index is 12.8. The number of rotatable bonds is 5. The van der Waals surface area contributed by atoms with Gasteiger partial charge in [0.2, 0.25) is 0 Å². The molecule has 1 aromatic rings. The summed E-state index contributed by atoms with van der Waals surface area (Å²) < 4.78 is 5.89. The highest BCUT2D eigenvalue weighted by atomic mass is 16.6. The van der Waals surface area contributed by atoms with E-state index in [1.807, 2.05) is 6.07 Å². The highest BCUT2D eigenvalue weighted by molar-refractivity contribution is 5.76. The van der Waals surface area contributed by atoms with Gasteiger partial charge < -0.3 is 4.74 Å². The number of nitrogens with zero attached hydrogens (tertiary/aromatic N) is 2. The van der Waals surface area contributed by atoms with Crippen molar-refractivity contribution in [2.24, 2.45) is 11.8 Å². The number of carbonyl (C=O) groups is 1. The number of allylic oxidation sites excluding steroid dienone is 3. The van der Waals surface area contributed by atoms with Crippen LogP contribution in [0.1, 0.15) is 45.1 Å². The average molecular weight is 435 g/mol. The van der Waals surface area contributed by atoms with Crippen LogP contribution >= 0.6 is 0 Å². The second-order valence-corrected chi connectivity index (χ2v) is 9.73. The van der Waals surface area contributed by atoms with E-state index in [2.05, 4.69) is 72.2 Å². The number of fused-ring (bicyclic) bond motifs is 1. The lowest BCUT2D eigenvalue weighted by Gasteiger charge is -2.35. The summed E-state index contributed by atoms with van der Waals surface area (Å²) in [6.07, 6.45) is 13.3. The Bertz CT molecular complexity index is 849. The van der Waals surface area contributed by atoms with Crippen molar-refractivity contribution in [3.8, 4) is 0 Å². The first-order valence-electron chi connectivity index (χ1n) is 12.3. The number of benzene rings is 1. The fourth-order valence-corrected chi connectivity index (χ4v) is 5.19. The number of esters is 1. The SMILES string of the molecule is CC1=CCC/C(C)=C/[C@H]2OC(=O)[C@@H](CN3CCN(C/C=C/c4ccccc4)CC3)[C@@H]2CC1. The molecule has 2 saturated heterocycles. The van der Waals surface area contributed by atoms with Crippen molar-refractivity contribution in [3.63, 3.8) is 0 Å². The fraction of sp³-hybridized carbons (Fsp3) is 0.536. The van der Waals surface area contributed by atoms with Crippen LogP contribution < -0.4 is 0 Å². The standard InChI is InChI=1S/C28H38N2O2/c1-22-8-6-9-23(2)20-27-25(14-13-22)26(28(31)32-27)21-30-18-16-29(17-19-30)15-7-12-24-10-4-3-5-11-24/h3-5,7-8,10-12,20,25-27H,6,9,13-19,21H2,1-2H3/b12-7+,22-8?,23-20+/t25-,26-,27+/m0/s1. The number of ether oxygens (including phenoxy) is 1. The second kappa shape index (κ2) is 11.1. The van der Waals surface area contributed by atoms with E-state index < -0.39 is 0 Å². The van der Waals surface area contributed by atoms with Crippen molar-refractivity contribution in [1.29, 1.82) is 0 Å². The van der Waals surface area contributed by atoms with Gasteiger partial charge in [0, 0.05) is 45.2 Å². The molecule has 2 fully saturated rings. The van der Waals surface area contributed by atoms with Gasteiger partial charge in [0.1, 0.15) is 6.10 Å². The molecule has 4 heteroatoms. The quantitative estimate of drug-likeness (QED) is 0.485. The van der Waals surface area contributed by atoms with Crippen LogP contribution in [0.2, 0.25) is 0 Å². The molecule has 0 aromatic heterocycles. The Morgan fingerprint density at radius 3 is 2.53 bits per heavy atom. The zero-order valence-corrected chi connectivity index (χ0v) is 19.7. The second-order valence-electron chi connectivity index (χ2n) is 9.73. The monoisotopic (exact) mass is 434 g/mol. The zero-order valence-electron chi connectivity index (χ0n) is 19.7. The summed E-state index contributed by atoms with van der Waals surface area (Å²) >= 11 is 0. The van der Waals surface area contributed by atoms with Crippen molar-refractivity contribution in [3.05, 3.63) is 65.3 Å². The van der Waals surface area contributed by atoms with E-state index in [9.17, 15) is 4.79 Å². The van der Waals surface area contributed by atoms with Gasteiger partial charge in [-0.2, -0.15) is 0 Å². The van der Waals surface area contributed by atoms with Crippen LogP contribution in [-0.2, 0) is 9.53 Å². The predicted octanol–water partition coefficient (Wildman–Crippen LogP) is 4.94. The van der Waals surface area contributed by atoms with Crippen molar-refractivity contribution in [2.45, 2.75) is 45.6 Å². The Balaban J connectivity index is 1.30. The minimum absolute atomic E-state index is 0.000744. The minimum Gasteiger partial charge on any atom is -0.458 e. The molecule has 0 radical (unpaired) electrons. The number of hydrogen-bond donors (Lipinski definition) is 0. The summed E-state index contributed by atoms with van der Waals surface area (Å²) in [4.78, 5) is 17.8. The van der Waals surface area contributed by atoms with Gasteiger partial charge in [0.15, 0.2) is 0 Å². The molecule has 0 saturated carbocycles. The predicted molar refractivity (Wildman–Crippen MR) is 131 cm³/mol. The molecule has 4 rings (SSSR count). The number of carbonyl (C=O) groups excluding carboxylic acids is 1. The van der Waals surface area contributed by atoms with Crippen LogP contribution in [0.15, 0.2) is 59.7 Å². The van der Waals surface area contributed by atoms with Gasteiger partial charge in [-0.15, -0.1) is 0 Å². The molecular weight excluding hydrogens is 396 g/mol. The van der Waals surface area contributed by atoms with Gasteiger partial charge in [0.25, 0.3) is 0 Å². The average Bonchev–Trinajstić information content (AvgIpc) is 3.07. The molecule has 172 valence electrons. The van der Waals surface area contributed by atoms with Crippen molar-refractivity contribution in [1.82, 2.24) is 9.80 Å². The molecule has 2 heterocycles. The smallest absolute Gasteiger partial charge is 0.311 e. The van der Waals surface area contributed by atoms with Crippen LogP contribution in [0.25, 0.3) is 6.08 Å². The van der Waals surface area contributed by atoms with Crippen molar-refractivity contribution >= 4 is 12.0 Å². The summed E-state index contributed by atoms with van der Waals surface area (Å²) in [5, 5.41) is 0. The minimum atomic E-state index is -0.0391. The van der Waals surface area contributed by atoms with Crippen LogP contribution in [0.4, 0.5) is 0 Å². The van der Waals surface area contributed by atoms with Crippen molar-refractivity contribution < 1.29 is 9.53 Å². The van der Waals surface area contributed by atoms with E-state index in [1.54, 1.807) is 0 Å². The summed E-state index contributed by atoms with van der Waals surface area (Å²) in [5.41, 5.74) is 4.05. The molecule has 0 spiro atoms. The third-order valence-electron chi connectivity index (χ3n) is 7.24. The molecule has 32 heavy (non-hydrogen) atoms. The maximum absolute atomic E-state index is 12.8. The molecule has 1 aromatic carbocycles.